The minimum atomic E-state index is -0.0201. The van der Waals surface area contributed by atoms with Gasteiger partial charge in [0.25, 0.3) is 0 Å². The minimum absolute atomic E-state index is 0.0201. The molecule has 1 aromatic heterocycles. The van der Waals surface area contributed by atoms with E-state index in [0.29, 0.717) is 0 Å². The van der Waals surface area contributed by atoms with Crippen LogP contribution in [0.5, 0.6) is 0 Å². The summed E-state index contributed by atoms with van der Waals surface area (Å²) in [5, 5.41) is 4.05. The highest BCUT2D eigenvalue weighted by atomic mass is 15.3. The Morgan fingerprint density at radius 1 is 1.42 bits per heavy atom. The number of aromatic nitrogens is 3. The predicted octanol–water partition coefficient (Wildman–Crippen LogP) is 0.550. The van der Waals surface area contributed by atoms with Crippen molar-refractivity contribution in [2.24, 2.45) is 5.73 Å². The van der Waals surface area contributed by atoms with E-state index >= 15 is 0 Å². The molecule has 0 unspecified atom stereocenters. The molecule has 2 N–H and O–H groups in total. The number of hydrogen-bond donors (Lipinski definition) is 1. The van der Waals surface area contributed by atoms with Crippen molar-refractivity contribution in [3.63, 3.8) is 0 Å². The van der Waals surface area contributed by atoms with Crippen molar-refractivity contribution in [1.82, 2.24) is 14.8 Å². The summed E-state index contributed by atoms with van der Waals surface area (Å²) in [7, 11) is 0. The molecule has 0 aromatic carbocycles. The standard InChI is InChI=1S/C8H14N4/c9-8(3-1-2-4-8)5-12-7-10-6-11-12/h6-7H,1-5,9H2. The summed E-state index contributed by atoms with van der Waals surface area (Å²) in [5.74, 6) is 0. The monoisotopic (exact) mass is 166 g/mol. The van der Waals surface area contributed by atoms with E-state index in [4.69, 9.17) is 5.73 Å². The Morgan fingerprint density at radius 3 is 2.75 bits per heavy atom. The molecule has 2 rings (SSSR count). The van der Waals surface area contributed by atoms with Crippen LogP contribution in [0.4, 0.5) is 0 Å². The van der Waals surface area contributed by atoms with Crippen molar-refractivity contribution in [2.75, 3.05) is 0 Å². The zero-order valence-corrected chi connectivity index (χ0v) is 7.11. The maximum Gasteiger partial charge on any atom is 0.137 e. The Morgan fingerprint density at radius 2 is 2.17 bits per heavy atom. The van der Waals surface area contributed by atoms with E-state index in [0.717, 1.165) is 19.4 Å². The first-order valence-corrected chi connectivity index (χ1v) is 4.40. The number of nitrogens with zero attached hydrogens (tertiary/aromatic N) is 3. The van der Waals surface area contributed by atoms with Gasteiger partial charge in [-0.3, -0.25) is 4.68 Å². The Bertz CT molecular complexity index is 236. The maximum atomic E-state index is 6.16. The summed E-state index contributed by atoms with van der Waals surface area (Å²) in [5.41, 5.74) is 6.14. The van der Waals surface area contributed by atoms with E-state index in [2.05, 4.69) is 10.1 Å². The molecule has 0 radical (unpaired) electrons. The first-order valence-electron chi connectivity index (χ1n) is 4.40. The van der Waals surface area contributed by atoms with Gasteiger partial charge in [-0.25, -0.2) is 4.98 Å². The van der Waals surface area contributed by atoms with Gasteiger partial charge in [-0.2, -0.15) is 5.10 Å². The number of rotatable bonds is 2. The third kappa shape index (κ3) is 1.48. The lowest BCUT2D eigenvalue weighted by Gasteiger charge is -2.22. The van der Waals surface area contributed by atoms with Gasteiger partial charge >= 0.3 is 0 Å². The van der Waals surface area contributed by atoms with Crippen LogP contribution in [0.1, 0.15) is 25.7 Å². The molecular weight excluding hydrogens is 152 g/mol. The summed E-state index contributed by atoms with van der Waals surface area (Å²) in [6, 6.07) is 0. The van der Waals surface area contributed by atoms with Gasteiger partial charge in [0.05, 0.1) is 6.54 Å². The number of nitrogens with two attached hydrogens (primary N) is 1. The number of hydrogen-bond acceptors (Lipinski definition) is 3. The molecule has 1 saturated carbocycles. The van der Waals surface area contributed by atoms with Crippen molar-refractivity contribution in [1.29, 1.82) is 0 Å². The normalized spacial score (nSPS) is 21.4. The van der Waals surface area contributed by atoms with E-state index in [-0.39, 0.29) is 5.54 Å². The summed E-state index contributed by atoms with van der Waals surface area (Å²) in [6.45, 7) is 0.812. The Kier molecular flexibility index (Phi) is 1.84. The van der Waals surface area contributed by atoms with Crippen molar-refractivity contribution in [3.8, 4) is 0 Å². The molecule has 66 valence electrons. The second-order valence-electron chi connectivity index (χ2n) is 3.66. The molecule has 1 aliphatic carbocycles. The highest BCUT2D eigenvalue weighted by Gasteiger charge is 2.29. The Hall–Kier alpha value is -0.900. The highest BCUT2D eigenvalue weighted by Crippen LogP contribution is 2.28. The molecule has 4 heteroatoms. The summed E-state index contributed by atoms with van der Waals surface area (Å²) in [6.07, 6.45) is 8.03. The van der Waals surface area contributed by atoms with Crippen molar-refractivity contribution < 1.29 is 0 Å². The molecule has 1 aliphatic rings. The molecule has 1 fully saturated rings. The lowest BCUT2D eigenvalue weighted by Crippen LogP contribution is -2.41. The molecule has 0 atom stereocenters. The first-order chi connectivity index (χ1) is 5.79. The van der Waals surface area contributed by atoms with Gasteiger partial charge in [0, 0.05) is 5.54 Å². The summed E-state index contributed by atoms with van der Waals surface area (Å²) >= 11 is 0. The average molecular weight is 166 g/mol. The zero-order valence-electron chi connectivity index (χ0n) is 7.11. The molecule has 0 aliphatic heterocycles. The van der Waals surface area contributed by atoms with Gasteiger partial charge in [-0.15, -0.1) is 0 Å². The van der Waals surface area contributed by atoms with Gasteiger partial charge in [0.15, 0.2) is 0 Å². The molecule has 4 nitrogen and oxygen atoms in total. The van der Waals surface area contributed by atoms with Crippen LogP contribution in [0.25, 0.3) is 0 Å². The van der Waals surface area contributed by atoms with Gasteiger partial charge in [-0.05, 0) is 12.8 Å². The van der Waals surface area contributed by atoms with Crippen molar-refractivity contribution in [2.45, 2.75) is 37.8 Å². The third-order valence-corrected chi connectivity index (χ3v) is 2.54. The van der Waals surface area contributed by atoms with E-state index < -0.39 is 0 Å². The molecule has 0 spiro atoms. The predicted molar refractivity (Wildman–Crippen MR) is 45.4 cm³/mol. The maximum absolute atomic E-state index is 6.16. The second-order valence-corrected chi connectivity index (χ2v) is 3.66. The molecule has 1 heterocycles. The van der Waals surface area contributed by atoms with E-state index in [1.54, 1.807) is 12.7 Å². The molecule has 0 amide bonds. The highest BCUT2D eigenvalue weighted by molar-refractivity contribution is 4.88. The van der Waals surface area contributed by atoms with Crippen LogP contribution in [0, 0.1) is 0 Å². The second kappa shape index (κ2) is 2.86. The van der Waals surface area contributed by atoms with Crippen LogP contribution < -0.4 is 5.73 Å². The Balaban J connectivity index is 2.02. The fourth-order valence-electron chi connectivity index (χ4n) is 1.87. The first kappa shape index (κ1) is 7.73. The molecule has 0 saturated heterocycles. The summed E-state index contributed by atoms with van der Waals surface area (Å²) in [4.78, 5) is 3.89. The fraction of sp³-hybridized carbons (Fsp3) is 0.750. The van der Waals surface area contributed by atoms with E-state index in [9.17, 15) is 0 Å². The summed E-state index contributed by atoms with van der Waals surface area (Å²) < 4.78 is 1.82. The minimum Gasteiger partial charge on any atom is -0.324 e. The third-order valence-electron chi connectivity index (χ3n) is 2.54. The van der Waals surface area contributed by atoms with Crippen LogP contribution >= 0.6 is 0 Å². The smallest absolute Gasteiger partial charge is 0.137 e. The lowest BCUT2D eigenvalue weighted by molar-refractivity contribution is 0.354. The van der Waals surface area contributed by atoms with Gasteiger partial charge < -0.3 is 5.73 Å². The van der Waals surface area contributed by atoms with Crippen molar-refractivity contribution in [3.05, 3.63) is 12.7 Å². The van der Waals surface area contributed by atoms with E-state index in [1.807, 2.05) is 4.68 Å². The Labute approximate surface area is 71.8 Å². The zero-order chi connectivity index (χ0) is 8.44. The van der Waals surface area contributed by atoms with Crippen LogP contribution in [-0.4, -0.2) is 20.3 Å². The van der Waals surface area contributed by atoms with Gasteiger partial charge in [0.1, 0.15) is 12.7 Å². The van der Waals surface area contributed by atoms with Crippen LogP contribution in [0.2, 0.25) is 0 Å². The SMILES string of the molecule is NC1(Cn2cncn2)CCCC1. The molecule has 12 heavy (non-hydrogen) atoms. The van der Waals surface area contributed by atoms with Crippen molar-refractivity contribution >= 4 is 0 Å². The lowest BCUT2D eigenvalue weighted by atomic mass is 10.00. The average Bonchev–Trinajstić information content (AvgIpc) is 2.62. The van der Waals surface area contributed by atoms with Gasteiger partial charge in [-0.1, -0.05) is 12.8 Å². The largest absolute Gasteiger partial charge is 0.324 e. The van der Waals surface area contributed by atoms with Crippen LogP contribution in [-0.2, 0) is 6.54 Å². The molecular formula is C8H14N4. The van der Waals surface area contributed by atoms with Gasteiger partial charge in [0.2, 0.25) is 0 Å². The fourth-order valence-corrected chi connectivity index (χ4v) is 1.87. The van der Waals surface area contributed by atoms with Crippen LogP contribution in [0.3, 0.4) is 0 Å². The molecule has 0 bridgehead atoms. The quantitative estimate of drug-likeness (QED) is 0.698. The van der Waals surface area contributed by atoms with Crippen LogP contribution in [0.15, 0.2) is 12.7 Å². The topological polar surface area (TPSA) is 56.7 Å². The molecule has 1 aromatic rings. The van der Waals surface area contributed by atoms with E-state index in [1.165, 1.54) is 12.8 Å².